The molecule has 1 aliphatic heterocycles. The number of hydrogen-bond donors (Lipinski definition) is 1. The van der Waals surface area contributed by atoms with Crippen molar-refractivity contribution in [3.63, 3.8) is 0 Å². The van der Waals surface area contributed by atoms with Crippen LogP contribution in [0.4, 0.5) is 0 Å². The molecule has 1 amide bonds. The van der Waals surface area contributed by atoms with Gasteiger partial charge in [-0.25, -0.2) is 0 Å². The van der Waals surface area contributed by atoms with Crippen LogP contribution < -0.4 is 5.32 Å². The predicted octanol–water partition coefficient (Wildman–Crippen LogP) is 3.86. The largest absolute Gasteiger partial charge is 0.342 e. The highest BCUT2D eigenvalue weighted by Crippen LogP contribution is 2.42. The zero-order chi connectivity index (χ0) is 16.3. The predicted molar refractivity (Wildman–Crippen MR) is 97.6 cm³/mol. The SMILES string of the molecule is CNC1CCN(C(=O)C2(c3cccc(Br)c3)CCCCC2)CC1. The molecule has 0 spiro atoms. The van der Waals surface area contributed by atoms with Gasteiger partial charge >= 0.3 is 0 Å². The summed E-state index contributed by atoms with van der Waals surface area (Å²) in [7, 11) is 2.02. The number of amides is 1. The van der Waals surface area contributed by atoms with Crippen LogP contribution in [0.5, 0.6) is 0 Å². The van der Waals surface area contributed by atoms with Crippen LogP contribution >= 0.6 is 15.9 Å². The van der Waals surface area contributed by atoms with Crippen LogP contribution in [0.1, 0.15) is 50.5 Å². The second kappa shape index (κ2) is 7.35. The van der Waals surface area contributed by atoms with Gasteiger partial charge in [-0.15, -0.1) is 0 Å². The maximum Gasteiger partial charge on any atom is 0.233 e. The fourth-order valence-electron chi connectivity index (χ4n) is 4.24. The maximum absolute atomic E-state index is 13.5. The molecule has 2 aliphatic rings. The van der Waals surface area contributed by atoms with Crippen molar-refractivity contribution in [3.8, 4) is 0 Å². The molecule has 1 saturated carbocycles. The lowest BCUT2D eigenvalue weighted by atomic mass is 9.68. The fraction of sp³-hybridized carbons (Fsp3) is 0.632. The molecular formula is C19H27BrN2O. The van der Waals surface area contributed by atoms with Gasteiger partial charge < -0.3 is 10.2 Å². The number of benzene rings is 1. The van der Waals surface area contributed by atoms with Crippen LogP contribution in [-0.4, -0.2) is 37.0 Å². The van der Waals surface area contributed by atoms with Gasteiger partial charge in [0.05, 0.1) is 5.41 Å². The number of likely N-dealkylation sites (tertiary alicyclic amines) is 1. The molecule has 3 rings (SSSR count). The molecule has 0 bridgehead atoms. The molecule has 0 radical (unpaired) electrons. The van der Waals surface area contributed by atoms with Crippen molar-refractivity contribution >= 4 is 21.8 Å². The number of piperidine rings is 1. The molecule has 126 valence electrons. The first-order valence-electron chi connectivity index (χ1n) is 8.88. The smallest absolute Gasteiger partial charge is 0.233 e. The lowest BCUT2D eigenvalue weighted by Crippen LogP contribution is -2.52. The molecule has 4 heteroatoms. The quantitative estimate of drug-likeness (QED) is 0.865. The van der Waals surface area contributed by atoms with E-state index in [4.69, 9.17) is 0 Å². The van der Waals surface area contributed by atoms with Crippen molar-refractivity contribution in [3.05, 3.63) is 34.3 Å². The first-order chi connectivity index (χ1) is 11.2. The van der Waals surface area contributed by atoms with Gasteiger partial charge in [-0.3, -0.25) is 4.79 Å². The highest BCUT2D eigenvalue weighted by Gasteiger charge is 2.44. The van der Waals surface area contributed by atoms with Crippen LogP contribution in [-0.2, 0) is 10.2 Å². The van der Waals surface area contributed by atoms with Crippen molar-refractivity contribution < 1.29 is 4.79 Å². The minimum absolute atomic E-state index is 0.297. The summed E-state index contributed by atoms with van der Waals surface area (Å²) < 4.78 is 1.07. The summed E-state index contributed by atoms with van der Waals surface area (Å²) in [4.78, 5) is 15.6. The van der Waals surface area contributed by atoms with E-state index in [0.717, 1.165) is 56.1 Å². The second-order valence-electron chi connectivity index (χ2n) is 7.01. The maximum atomic E-state index is 13.5. The Kier molecular flexibility index (Phi) is 5.42. The Hall–Kier alpha value is -0.870. The Balaban J connectivity index is 1.85. The Morgan fingerprint density at radius 3 is 2.52 bits per heavy atom. The number of nitrogens with zero attached hydrogens (tertiary/aromatic N) is 1. The van der Waals surface area contributed by atoms with Crippen LogP contribution in [0.25, 0.3) is 0 Å². The molecule has 0 aromatic heterocycles. The number of rotatable bonds is 3. The van der Waals surface area contributed by atoms with E-state index in [-0.39, 0.29) is 5.41 Å². The molecule has 1 aliphatic carbocycles. The third-order valence-corrected chi connectivity index (χ3v) is 6.18. The van der Waals surface area contributed by atoms with E-state index in [9.17, 15) is 4.79 Å². The zero-order valence-electron chi connectivity index (χ0n) is 14.0. The summed E-state index contributed by atoms with van der Waals surface area (Å²) >= 11 is 3.58. The summed E-state index contributed by atoms with van der Waals surface area (Å²) in [6.07, 6.45) is 7.69. The van der Waals surface area contributed by atoms with Crippen LogP contribution in [0.2, 0.25) is 0 Å². The highest BCUT2D eigenvalue weighted by molar-refractivity contribution is 9.10. The van der Waals surface area contributed by atoms with E-state index in [0.29, 0.717) is 11.9 Å². The average Bonchev–Trinajstić information content (AvgIpc) is 2.62. The minimum Gasteiger partial charge on any atom is -0.342 e. The Labute approximate surface area is 148 Å². The fourth-order valence-corrected chi connectivity index (χ4v) is 4.64. The Bertz CT molecular complexity index is 546. The first kappa shape index (κ1) is 17.0. The summed E-state index contributed by atoms with van der Waals surface area (Å²) in [6, 6.07) is 8.98. The lowest BCUT2D eigenvalue weighted by molar-refractivity contribution is -0.140. The average molecular weight is 379 g/mol. The Morgan fingerprint density at radius 2 is 1.91 bits per heavy atom. The molecule has 2 fully saturated rings. The van der Waals surface area contributed by atoms with Crippen molar-refractivity contribution in [2.45, 2.75) is 56.4 Å². The third kappa shape index (κ3) is 3.48. The van der Waals surface area contributed by atoms with Crippen molar-refractivity contribution in [1.82, 2.24) is 10.2 Å². The van der Waals surface area contributed by atoms with Gasteiger partial charge in [-0.1, -0.05) is 47.3 Å². The zero-order valence-corrected chi connectivity index (χ0v) is 15.6. The molecule has 1 N–H and O–H groups in total. The minimum atomic E-state index is -0.297. The number of nitrogens with one attached hydrogen (secondary N) is 1. The Morgan fingerprint density at radius 1 is 1.22 bits per heavy atom. The van der Waals surface area contributed by atoms with Crippen LogP contribution in [0.15, 0.2) is 28.7 Å². The van der Waals surface area contributed by atoms with Crippen LogP contribution in [0, 0.1) is 0 Å². The van der Waals surface area contributed by atoms with Gasteiger partial charge in [0, 0.05) is 23.6 Å². The third-order valence-electron chi connectivity index (χ3n) is 5.68. The first-order valence-corrected chi connectivity index (χ1v) is 9.68. The van der Waals surface area contributed by atoms with Gasteiger partial charge in [-0.2, -0.15) is 0 Å². The van der Waals surface area contributed by atoms with Crippen molar-refractivity contribution in [2.75, 3.05) is 20.1 Å². The van der Waals surface area contributed by atoms with Crippen LogP contribution in [0.3, 0.4) is 0 Å². The summed E-state index contributed by atoms with van der Waals surface area (Å²) in [5.41, 5.74) is 0.904. The molecule has 1 aromatic carbocycles. The summed E-state index contributed by atoms with van der Waals surface area (Å²) in [6.45, 7) is 1.78. The molecule has 1 saturated heterocycles. The second-order valence-corrected chi connectivity index (χ2v) is 7.92. The topological polar surface area (TPSA) is 32.3 Å². The monoisotopic (exact) mass is 378 g/mol. The highest BCUT2D eigenvalue weighted by atomic mass is 79.9. The van der Waals surface area contributed by atoms with E-state index in [2.05, 4.69) is 44.3 Å². The van der Waals surface area contributed by atoms with E-state index in [1.807, 2.05) is 13.1 Å². The van der Waals surface area contributed by atoms with Gasteiger partial charge in [0.1, 0.15) is 0 Å². The van der Waals surface area contributed by atoms with E-state index >= 15 is 0 Å². The number of hydrogen-bond acceptors (Lipinski definition) is 2. The molecule has 23 heavy (non-hydrogen) atoms. The molecule has 1 aromatic rings. The molecular weight excluding hydrogens is 352 g/mol. The molecule has 0 atom stereocenters. The van der Waals surface area contributed by atoms with E-state index in [1.165, 1.54) is 12.0 Å². The number of carbonyl (C=O) groups is 1. The van der Waals surface area contributed by atoms with Gasteiger partial charge in [0.2, 0.25) is 5.91 Å². The number of halogens is 1. The summed E-state index contributed by atoms with van der Waals surface area (Å²) in [5.74, 6) is 0.366. The van der Waals surface area contributed by atoms with E-state index < -0.39 is 0 Å². The lowest BCUT2D eigenvalue weighted by Gasteiger charge is -2.42. The van der Waals surface area contributed by atoms with Gasteiger partial charge in [-0.05, 0) is 50.4 Å². The van der Waals surface area contributed by atoms with Gasteiger partial charge in [0.15, 0.2) is 0 Å². The standard InChI is InChI=1S/C19H27BrN2O/c1-21-17-8-12-22(13-9-17)18(23)19(10-3-2-4-11-19)15-6-5-7-16(20)14-15/h5-7,14,17,21H,2-4,8-13H2,1H3. The summed E-state index contributed by atoms with van der Waals surface area (Å²) in [5, 5.41) is 3.35. The van der Waals surface area contributed by atoms with Crippen molar-refractivity contribution in [1.29, 1.82) is 0 Å². The normalized spacial score (nSPS) is 22.1. The number of carbonyl (C=O) groups excluding carboxylic acids is 1. The molecule has 1 heterocycles. The van der Waals surface area contributed by atoms with Gasteiger partial charge in [0.25, 0.3) is 0 Å². The molecule has 3 nitrogen and oxygen atoms in total. The van der Waals surface area contributed by atoms with E-state index in [1.54, 1.807) is 0 Å². The molecule has 0 unspecified atom stereocenters. The van der Waals surface area contributed by atoms with Crippen molar-refractivity contribution in [2.24, 2.45) is 0 Å².